The molecular weight excluding hydrogens is 356 g/mol. The van der Waals surface area contributed by atoms with Crippen LogP contribution in [-0.4, -0.2) is 36.2 Å². The standard InChI is InChI=1S/C22H22N2O4/c1-13(9-11-25)23-17-7-8-18(24-14(2)10-12-26)20-19(17)21(27)15-5-3-4-6-16(15)22(20)28/h3-8,11-14,23-24H,9-10H2,1-2H3. The first kappa shape index (κ1) is 19.5. The zero-order valence-electron chi connectivity index (χ0n) is 15.8. The normalized spacial score (nSPS) is 14.5. The van der Waals surface area contributed by atoms with E-state index in [0.29, 0.717) is 33.6 Å². The monoisotopic (exact) mass is 378 g/mol. The highest BCUT2D eigenvalue weighted by Crippen LogP contribution is 2.37. The van der Waals surface area contributed by atoms with Gasteiger partial charge in [0.05, 0.1) is 11.1 Å². The summed E-state index contributed by atoms with van der Waals surface area (Å²) in [6, 6.07) is 9.84. The maximum Gasteiger partial charge on any atom is 0.196 e. The maximum atomic E-state index is 13.2. The summed E-state index contributed by atoms with van der Waals surface area (Å²) in [5.74, 6) is -0.476. The van der Waals surface area contributed by atoms with Crippen LogP contribution in [0.2, 0.25) is 0 Å². The molecule has 2 N–H and O–H groups in total. The molecule has 2 unspecified atom stereocenters. The fourth-order valence-electron chi connectivity index (χ4n) is 3.40. The Bertz CT molecular complexity index is 876. The SMILES string of the molecule is CC(CC=O)Nc1ccc(NC(C)CC=O)c2c1C(=O)c1ccccc1C2=O. The van der Waals surface area contributed by atoms with Crippen molar-refractivity contribution in [2.24, 2.45) is 0 Å². The van der Waals surface area contributed by atoms with E-state index in [1.165, 1.54) is 0 Å². The molecule has 2 aromatic rings. The van der Waals surface area contributed by atoms with E-state index in [9.17, 15) is 19.2 Å². The number of hydrogen-bond donors (Lipinski definition) is 2. The van der Waals surface area contributed by atoms with Crippen molar-refractivity contribution in [3.63, 3.8) is 0 Å². The van der Waals surface area contributed by atoms with Crippen molar-refractivity contribution in [2.75, 3.05) is 10.6 Å². The number of rotatable bonds is 8. The van der Waals surface area contributed by atoms with Gasteiger partial charge in [-0.1, -0.05) is 24.3 Å². The van der Waals surface area contributed by atoms with E-state index in [-0.39, 0.29) is 36.5 Å². The van der Waals surface area contributed by atoms with Gasteiger partial charge < -0.3 is 20.2 Å². The van der Waals surface area contributed by atoms with Gasteiger partial charge in [0.2, 0.25) is 0 Å². The van der Waals surface area contributed by atoms with Crippen LogP contribution in [0.15, 0.2) is 36.4 Å². The Labute approximate surface area is 163 Å². The predicted molar refractivity (Wildman–Crippen MR) is 107 cm³/mol. The molecule has 0 fully saturated rings. The van der Waals surface area contributed by atoms with Gasteiger partial charge in [0, 0.05) is 47.4 Å². The molecule has 0 heterocycles. The van der Waals surface area contributed by atoms with Gasteiger partial charge in [0.1, 0.15) is 12.6 Å². The molecule has 0 saturated heterocycles. The Morgan fingerprint density at radius 1 is 0.750 bits per heavy atom. The van der Waals surface area contributed by atoms with E-state index >= 15 is 0 Å². The van der Waals surface area contributed by atoms with Crippen LogP contribution >= 0.6 is 0 Å². The molecule has 0 radical (unpaired) electrons. The first-order valence-electron chi connectivity index (χ1n) is 9.23. The Balaban J connectivity index is 2.14. The van der Waals surface area contributed by atoms with Crippen molar-refractivity contribution in [1.82, 2.24) is 0 Å². The molecule has 2 atom stereocenters. The maximum absolute atomic E-state index is 13.2. The van der Waals surface area contributed by atoms with E-state index in [2.05, 4.69) is 10.6 Å². The summed E-state index contributed by atoms with van der Waals surface area (Å²) in [7, 11) is 0. The first-order valence-corrected chi connectivity index (χ1v) is 9.23. The van der Waals surface area contributed by atoms with Crippen LogP contribution < -0.4 is 10.6 Å². The second-order valence-corrected chi connectivity index (χ2v) is 7.01. The molecule has 6 nitrogen and oxygen atoms in total. The zero-order valence-corrected chi connectivity index (χ0v) is 15.8. The average Bonchev–Trinajstić information content (AvgIpc) is 2.67. The molecular formula is C22H22N2O4. The molecule has 2 aromatic carbocycles. The zero-order chi connectivity index (χ0) is 20.3. The molecule has 0 aromatic heterocycles. The fourth-order valence-corrected chi connectivity index (χ4v) is 3.40. The molecule has 0 bridgehead atoms. The predicted octanol–water partition coefficient (Wildman–Crippen LogP) is 3.24. The highest BCUT2D eigenvalue weighted by Gasteiger charge is 2.34. The minimum atomic E-state index is -0.238. The lowest BCUT2D eigenvalue weighted by Gasteiger charge is -2.26. The van der Waals surface area contributed by atoms with Crippen molar-refractivity contribution >= 4 is 35.5 Å². The van der Waals surface area contributed by atoms with E-state index in [1.54, 1.807) is 36.4 Å². The summed E-state index contributed by atoms with van der Waals surface area (Å²) in [6.45, 7) is 3.67. The van der Waals surface area contributed by atoms with Crippen molar-refractivity contribution in [1.29, 1.82) is 0 Å². The van der Waals surface area contributed by atoms with Crippen LogP contribution in [-0.2, 0) is 9.59 Å². The van der Waals surface area contributed by atoms with Crippen LogP contribution in [0.1, 0.15) is 58.5 Å². The molecule has 144 valence electrons. The highest BCUT2D eigenvalue weighted by atomic mass is 16.1. The van der Waals surface area contributed by atoms with Gasteiger partial charge in [-0.05, 0) is 26.0 Å². The third-order valence-electron chi connectivity index (χ3n) is 4.78. The van der Waals surface area contributed by atoms with Crippen LogP contribution in [0.5, 0.6) is 0 Å². The molecule has 1 aliphatic rings. The van der Waals surface area contributed by atoms with Gasteiger partial charge in [-0.2, -0.15) is 0 Å². The molecule has 1 aliphatic carbocycles. The summed E-state index contributed by atoms with van der Waals surface area (Å²) in [5, 5.41) is 6.34. The van der Waals surface area contributed by atoms with Gasteiger partial charge in [-0.25, -0.2) is 0 Å². The summed E-state index contributed by atoms with van der Waals surface area (Å²) in [4.78, 5) is 48.1. The van der Waals surface area contributed by atoms with E-state index in [4.69, 9.17) is 0 Å². The number of aldehydes is 2. The molecule has 0 saturated carbocycles. The third-order valence-corrected chi connectivity index (χ3v) is 4.78. The minimum Gasteiger partial charge on any atom is -0.382 e. The highest BCUT2D eigenvalue weighted by molar-refractivity contribution is 6.31. The summed E-state index contributed by atoms with van der Waals surface area (Å²) in [5.41, 5.74) is 2.36. The minimum absolute atomic E-state index is 0.186. The quantitative estimate of drug-likeness (QED) is 0.585. The van der Waals surface area contributed by atoms with Crippen LogP contribution in [0.4, 0.5) is 11.4 Å². The molecule has 0 amide bonds. The van der Waals surface area contributed by atoms with E-state index < -0.39 is 0 Å². The van der Waals surface area contributed by atoms with Crippen molar-refractivity contribution in [2.45, 2.75) is 38.8 Å². The molecule has 28 heavy (non-hydrogen) atoms. The van der Waals surface area contributed by atoms with Crippen molar-refractivity contribution in [3.05, 3.63) is 58.7 Å². The van der Waals surface area contributed by atoms with Crippen LogP contribution in [0.3, 0.4) is 0 Å². The molecule has 0 spiro atoms. The number of ketones is 2. The molecule has 3 rings (SSSR count). The Morgan fingerprint density at radius 2 is 1.14 bits per heavy atom. The Kier molecular flexibility index (Phi) is 5.68. The first-order chi connectivity index (χ1) is 13.5. The second kappa shape index (κ2) is 8.17. The number of hydrogen-bond acceptors (Lipinski definition) is 6. The largest absolute Gasteiger partial charge is 0.382 e. The smallest absolute Gasteiger partial charge is 0.196 e. The van der Waals surface area contributed by atoms with Gasteiger partial charge in [0.15, 0.2) is 11.6 Å². The second-order valence-electron chi connectivity index (χ2n) is 7.01. The van der Waals surface area contributed by atoms with Gasteiger partial charge in [0.25, 0.3) is 0 Å². The topological polar surface area (TPSA) is 92.3 Å². The van der Waals surface area contributed by atoms with Crippen molar-refractivity contribution in [3.8, 4) is 0 Å². The van der Waals surface area contributed by atoms with E-state index in [0.717, 1.165) is 12.6 Å². The lowest BCUT2D eigenvalue weighted by atomic mass is 9.82. The lowest BCUT2D eigenvalue weighted by molar-refractivity contribution is -0.108. The summed E-state index contributed by atoms with van der Waals surface area (Å²) >= 11 is 0. The number of carbonyl (C=O) groups is 4. The van der Waals surface area contributed by atoms with Gasteiger partial charge in [-0.3, -0.25) is 9.59 Å². The number of nitrogens with one attached hydrogen (secondary N) is 2. The Morgan fingerprint density at radius 3 is 1.50 bits per heavy atom. The van der Waals surface area contributed by atoms with E-state index in [1.807, 2.05) is 13.8 Å². The number of anilines is 2. The van der Waals surface area contributed by atoms with Crippen LogP contribution in [0, 0.1) is 0 Å². The summed E-state index contributed by atoms with van der Waals surface area (Å²) in [6.07, 6.45) is 2.18. The van der Waals surface area contributed by atoms with Crippen LogP contribution in [0.25, 0.3) is 0 Å². The van der Waals surface area contributed by atoms with Gasteiger partial charge in [-0.15, -0.1) is 0 Å². The summed E-state index contributed by atoms with van der Waals surface area (Å²) < 4.78 is 0. The fraction of sp³-hybridized carbons (Fsp3) is 0.273. The van der Waals surface area contributed by atoms with Gasteiger partial charge >= 0.3 is 0 Å². The number of benzene rings is 2. The molecule has 0 aliphatic heterocycles. The molecule has 6 heteroatoms. The number of carbonyl (C=O) groups excluding carboxylic acids is 4. The van der Waals surface area contributed by atoms with Crippen molar-refractivity contribution < 1.29 is 19.2 Å². The third kappa shape index (κ3) is 3.58. The lowest BCUT2D eigenvalue weighted by Crippen LogP contribution is -2.27. The average molecular weight is 378 g/mol. The number of fused-ring (bicyclic) bond motifs is 2. The Hall–Kier alpha value is -3.28.